The Morgan fingerprint density at radius 2 is 1.92 bits per heavy atom. The lowest BCUT2D eigenvalue weighted by Gasteiger charge is -2.26. The van der Waals surface area contributed by atoms with E-state index in [0.717, 1.165) is 0 Å². The second-order valence-corrected chi connectivity index (χ2v) is 5.33. The molecule has 8 nitrogen and oxygen atoms in total. The molecule has 25 heavy (non-hydrogen) atoms. The first kappa shape index (κ1) is 18.3. The lowest BCUT2D eigenvalue weighted by molar-refractivity contribution is -0.139. The fraction of sp³-hybridized carbons (Fsp3) is 0.353. The third-order valence-electron chi connectivity index (χ3n) is 3.59. The summed E-state index contributed by atoms with van der Waals surface area (Å²) in [5.41, 5.74) is 1.18. The monoisotopic (exact) mass is 347 g/mol. The second kappa shape index (κ2) is 8.18. The molecule has 8 heteroatoms. The minimum Gasteiger partial charge on any atom is -0.487 e. The highest BCUT2D eigenvalue weighted by Crippen LogP contribution is 2.17. The van der Waals surface area contributed by atoms with Crippen LogP contribution in [-0.4, -0.2) is 44.2 Å². The van der Waals surface area contributed by atoms with E-state index >= 15 is 0 Å². The Morgan fingerprint density at radius 3 is 2.52 bits per heavy atom. The molecule has 1 aliphatic rings. The van der Waals surface area contributed by atoms with Crippen LogP contribution < -0.4 is 20.7 Å². The maximum Gasteiger partial charge on any atom is 0.338 e. The SMILES string of the molecule is CCOC(=O)C1=C(COc2ccc(C(=O)NC)cc2)NC(=O)N[C@H]1C. The summed E-state index contributed by atoms with van der Waals surface area (Å²) in [5.74, 6) is -0.196. The Kier molecular flexibility index (Phi) is 5.99. The van der Waals surface area contributed by atoms with Gasteiger partial charge in [0, 0.05) is 12.6 Å². The highest BCUT2D eigenvalue weighted by Gasteiger charge is 2.29. The van der Waals surface area contributed by atoms with Gasteiger partial charge in [-0.1, -0.05) is 0 Å². The van der Waals surface area contributed by atoms with Crippen LogP contribution in [0.5, 0.6) is 5.75 Å². The highest BCUT2D eigenvalue weighted by molar-refractivity contribution is 5.95. The summed E-state index contributed by atoms with van der Waals surface area (Å²) >= 11 is 0. The van der Waals surface area contributed by atoms with Crippen molar-refractivity contribution in [3.05, 3.63) is 41.1 Å². The molecule has 0 fully saturated rings. The van der Waals surface area contributed by atoms with Crippen LogP contribution in [-0.2, 0) is 9.53 Å². The number of benzene rings is 1. The van der Waals surface area contributed by atoms with Crippen molar-refractivity contribution in [2.75, 3.05) is 20.3 Å². The highest BCUT2D eigenvalue weighted by atomic mass is 16.5. The third-order valence-corrected chi connectivity index (χ3v) is 3.59. The van der Waals surface area contributed by atoms with Crippen molar-refractivity contribution in [3.8, 4) is 5.75 Å². The first-order valence-electron chi connectivity index (χ1n) is 7.88. The van der Waals surface area contributed by atoms with Gasteiger partial charge < -0.3 is 25.4 Å². The molecule has 0 spiro atoms. The van der Waals surface area contributed by atoms with Crippen LogP contribution >= 0.6 is 0 Å². The molecule has 3 amide bonds. The summed E-state index contributed by atoms with van der Waals surface area (Å²) in [5, 5.41) is 7.73. The summed E-state index contributed by atoms with van der Waals surface area (Å²) in [6.07, 6.45) is 0. The largest absolute Gasteiger partial charge is 0.487 e. The molecule has 0 saturated carbocycles. The number of ether oxygens (including phenoxy) is 2. The average molecular weight is 347 g/mol. The van der Waals surface area contributed by atoms with Gasteiger partial charge in [-0.3, -0.25) is 4.79 Å². The van der Waals surface area contributed by atoms with E-state index in [1.54, 1.807) is 45.2 Å². The van der Waals surface area contributed by atoms with Crippen LogP contribution in [0, 0.1) is 0 Å². The molecule has 2 rings (SSSR count). The van der Waals surface area contributed by atoms with Gasteiger partial charge in [-0.15, -0.1) is 0 Å². The van der Waals surface area contributed by atoms with Crippen LogP contribution in [0.4, 0.5) is 4.79 Å². The Morgan fingerprint density at radius 1 is 1.24 bits per heavy atom. The van der Waals surface area contributed by atoms with Crippen LogP contribution in [0.2, 0.25) is 0 Å². The van der Waals surface area contributed by atoms with E-state index in [-0.39, 0.29) is 19.1 Å². The Hall–Kier alpha value is -3.03. The molecule has 134 valence electrons. The van der Waals surface area contributed by atoms with Gasteiger partial charge in [0.15, 0.2) is 0 Å². The lowest BCUT2D eigenvalue weighted by atomic mass is 10.0. The summed E-state index contributed by atoms with van der Waals surface area (Å²) < 4.78 is 10.7. The molecular formula is C17H21N3O5. The molecular weight excluding hydrogens is 326 g/mol. The van der Waals surface area contributed by atoms with Gasteiger partial charge in [0.1, 0.15) is 12.4 Å². The molecule has 0 aromatic heterocycles. The van der Waals surface area contributed by atoms with E-state index in [1.807, 2.05) is 0 Å². The number of rotatable bonds is 6. The normalized spacial score (nSPS) is 16.6. The number of hydrogen-bond acceptors (Lipinski definition) is 5. The second-order valence-electron chi connectivity index (χ2n) is 5.33. The van der Waals surface area contributed by atoms with E-state index in [9.17, 15) is 14.4 Å². The van der Waals surface area contributed by atoms with Gasteiger partial charge in [-0.2, -0.15) is 0 Å². The average Bonchev–Trinajstić information content (AvgIpc) is 2.59. The molecule has 0 aliphatic carbocycles. The van der Waals surface area contributed by atoms with E-state index in [0.29, 0.717) is 22.6 Å². The van der Waals surface area contributed by atoms with E-state index in [1.165, 1.54) is 0 Å². The van der Waals surface area contributed by atoms with Gasteiger partial charge in [-0.25, -0.2) is 9.59 Å². The van der Waals surface area contributed by atoms with Gasteiger partial charge in [0.2, 0.25) is 0 Å². The lowest BCUT2D eigenvalue weighted by Crippen LogP contribution is -2.50. The van der Waals surface area contributed by atoms with Gasteiger partial charge >= 0.3 is 12.0 Å². The molecule has 0 saturated heterocycles. The molecule has 0 radical (unpaired) electrons. The van der Waals surface area contributed by atoms with Crippen LogP contribution in [0.15, 0.2) is 35.5 Å². The van der Waals surface area contributed by atoms with E-state index in [4.69, 9.17) is 9.47 Å². The Bertz CT molecular complexity index is 697. The maximum atomic E-state index is 12.1. The van der Waals surface area contributed by atoms with Crippen LogP contribution in [0.1, 0.15) is 24.2 Å². The topological polar surface area (TPSA) is 106 Å². The third kappa shape index (κ3) is 4.50. The molecule has 1 atom stereocenters. The number of amides is 3. The predicted molar refractivity (Wildman–Crippen MR) is 90.1 cm³/mol. The molecule has 0 bridgehead atoms. The predicted octanol–water partition coefficient (Wildman–Crippen LogP) is 0.943. The number of carbonyl (C=O) groups excluding carboxylic acids is 3. The van der Waals surface area contributed by atoms with Crippen molar-refractivity contribution in [2.24, 2.45) is 0 Å². The maximum absolute atomic E-state index is 12.1. The van der Waals surface area contributed by atoms with E-state index in [2.05, 4.69) is 16.0 Å². The van der Waals surface area contributed by atoms with Crippen molar-refractivity contribution in [2.45, 2.75) is 19.9 Å². The van der Waals surface area contributed by atoms with Crippen molar-refractivity contribution >= 4 is 17.9 Å². The molecule has 1 heterocycles. The van der Waals surface area contributed by atoms with Crippen molar-refractivity contribution < 1.29 is 23.9 Å². The zero-order valence-corrected chi connectivity index (χ0v) is 14.3. The Labute approximate surface area is 145 Å². The quantitative estimate of drug-likeness (QED) is 0.664. The summed E-state index contributed by atoms with van der Waals surface area (Å²) in [4.78, 5) is 35.3. The fourth-order valence-electron chi connectivity index (χ4n) is 2.40. The Balaban J connectivity index is 2.14. The molecule has 1 aliphatic heterocycles. The number of hydrogen-bond donors (Lipinski definition) is 3. The van der Waals surface area contributed by atoms with Crippen LogP contribution in [0.3, 0.4) is 0 Å². The zero-order valence-electron chi connectivity index (χ0n) is 14.3. The minimum absolute atomic E-state index is 0.00870. The van der Waals surface area contributed by atoms with Gasteiger partial charge in [-0.05, 0) is 38.1 Å². The number of nitrogens with one attached hydrogen (secondary N) is 3. The first-order chi connectivity index (χ1) is 12.0. The minimum atomic E-state index is -0.504. The first-order valence-corrected chi connectivity index (χ1v) is 7.88. The zero-order chi connectivity index (χ0) is 18.4. The molecule has 1 aromatic carbocycles. The molecule has 3 N–H and O–H groups in total. The molecule has 0 unspecified atom stereocenters. The van der Waals surface area contributed by atoms with Crippen molar-refractivity contribution in [3.63, 3.8) is 0 Å². The fourth-order valence-corrected chi connectivity index (χ4v) is 2.40. The molecule has 1 aromatic rings. The standard InChI is InChI=1S/C17H21N3O5/c1-4-24-16(22)14-10(2)19-17(23)20-13(14)9-25-12-7-5-11(6-8-12)15(21)18-3/h5-8,10H,4,9H2,1-3H3,(H,18,21)(H2,19,20,23)/t10-/m0/s1. The van der Waals surface area contributed by atoms with Gasteiger partial charge in [0.25, 0.3) is 5.91 Å². The van der Waals surface area contributed by atoms with Crippen LogP contribution in [0.25, 0.3) is 0 Å². The van der Waals surface area contributed by atoms with Crippen molar-refractivity contribution in [1.29, 1.82) is 0 Å². The van der Waals surface area contributed by atoms with Gasteiger partial charge in [0.05, 0.1) is 23.9 Å². The smallest absolute Gasteiger partial charge is 0.338 e. The summed E-state index contributed by atoms with van der Waals surface area (Å²) in [6.45, 7) is 3.63. The number of urea groups is 1. The number of carbonyl (C=O) groups is 3. The summed E-state index contributed by atoms with van der Waals surface area (Å²) in [6, 6.07) is 5.64. The summed E-state index contributed by atoms with van der Waals surface area (Å²) in [7, 11) is 1.55. The van der Waals surface area contributed by atoms with Crippen molar-refractivity contribution in [1.82, 2.24) is 16.0 Å². The number of esters is 1. The van der Waals surface area contributed by atoms with E-state index < -0.39 is 18.0 Å².